The number of nitrogens with zero attached hydrogens (tertiary/aromatic N) is 4. The number of hydrogen-bond donors (Lipinski definition) is 0. The van der Waals surface area contributed by atoms with Gasteiger partial charge in [0.2, 0.25) is 0 Å². The predicted octanol–water partition coefficient (Wildman–Crippen LogP) is 5.00. The van der Waals surface area contributed by atoms with Crippen LogP contribution in [0.4, 0.5) is 8.78 Å². The summed E-state index contributed by atoms with van der Waals surface area (Å²) in [6.45, 7) is -1.21. The lowest BCUT2D eigenvalue weighted by molar-refractivity contribution is 0.0387. The molecule has 0 N–H and O–H groups in total. The Bertz CT molecular complexity index is 1200. The Kier molecular flexibility index (Phi) is 5.50. The van der Waals surface area contributed by atoms with Crippen LogP contribution in [-0.2, 0) is 17.9 Å². The van der Waals surface area contributed by atoms with Crippen LogP contribution in [0.3, 0.4) is 0 Å². The molecule has 9 heteroatoms. The highest BCUT2D eigenvalue weighted by molar-refractivity contribution is 6.32. The molecule has 0 saturated heterocycles. The summed E-state index contributed by atoms with van der Waals surface area (Å²) in [4.78, 5) is 16.8. The van der Waals surface area contributed by atoms with E-state index in [0.29, 0.717) is 17.8 Å². The minimum Gasteiger partial charge on any atom is -0.454 e. The third-order valence-electron chi connectivity index (χ3n) is 4.64. The molecule has 0 spiro atoms. The molecule has 2 aromatic heterocycles. The van der Waals surface area contributed by atoms with Crippen molar-refractivity contribution in [2.24, 2.45) is 0 Å². The lowest BCUT2D eigenvalue weighted by atomic mass is 10.2. The number of ether oxygens (including phenoxy) is 1. The summed E-state index contributed by atoms with van der Waals surface area (Å²) in [5.74, 6) is -0.797. The van der Waals surface area contributed by atoms with Gasteiger partial charge >= 0.3 is 12.5 Å². The molecule has 30 heavy (non-hydrogen) atoms. The number of carbonyl (C=O) groups is 1. The molecule has 2 heterocycles. The number of hydrogen-bond acceptors (Lipinski definition) is 4. The SMILES string of the molecule is Cc1nn(Cc2ccccc2)c(Cl)c1C(=O)OCc1nc2ccccc2n1C(F)F. The first kappa shape index (κ1) is 20.0. The second-order valence-electron chi connectivity index (χ2n) is 6.64. The first-order valence-electron chi connectivity index (χ1n) is 9.13. The smallest absolute Gasteiger partial charge is 0.343 e. The van der Waals surface area contributed by atoms with Crippen molar-refractivity contribution in [2.45, 2.75) is 26.6 Å². The Balaban J connectivity index is 1.55. The molecule has 2 aromatic carbocycles. The number of carbonyl (C=O) groups excluding carboxylic acids is 1. The molecule has 0 amide bonds. The van der Waals surface area contributed by atoms with E-state index in [2.05, 4.69) is 10.1 Å². The standard InChI is InChI=1S/C21H17ClF2N4O2/c1-13-18(19(22)27(26-13)11-14-7-3-2-4-8-14)20(29)30-12-17-25-15-9-5-6-10-16(15)28(17)21(23)24/h2-10,21H,11-12H2,1H3. The molecular formula is C21H17ClF2N4O2. The van der Waals surface area contributed by atoms with Gasteiger partial charge in [0.25, 0.3) is 0 Å². The Morgan fingerprint density at radius 3 is 2.57 bits per heavy atom. The molecule has 6 nitrogen and oxygen atoms in total. The normalized spacial score (nSPS) is 11.4. The minimum atomic E-state index is -2.81. The fraction of sp³-hybridized carbons (Fsp3) is 0.190. The van der Waals surface area contributed by atoms with Crippen LogP contribution in [0.15, 0.2) is 54.6 Å². The van der Waals surface area contributed by atoms with Crippen molar-refractivity contribution < 1.29 is 18.3 Å². The molecule has 0 aliphatic carbocycles. The molecule has 0 aliphatic rings. The zero-order chi connectivity index (χ0) is 21.3. The Hall–Kier alpha value is -3.26. The summed E-state index contributed by atoms with van der Waals surface area (Å²) in [6.07, 6.45) is 0. The first-order valence-corrected chi connectivity index (χ1v) is 9.51. The van der Waals surface area contributed by atoms with Gasteiger partial charge in [-0.25, -0.2) is 14.5 Å². The number of aromatic nitrogens is 4. The summed E-state index contributed by atoms with van der Waals surface area (Å²) in [5, 5.41) is 4.43. The maximum Gasteiger partial charge on any atom is 0.343 e. The zero-order valence-corrected chi connectivity index (χ0v) is 16.7. The van der Waals surface area contributed by atoms with Crippen LogP contribution in [-0.4, -0.2) is 25.3 Å². The van der Waals surface area contributed by atoms with Gasteiger partial charge in [-0.1, -0.05) is 54.1 Å². The number of para-hydroxylation sites is 2. The van der Waals surface area contributed by atoms with Crippen molar-refractivity contribution in [3.8, 4) is 0 Å². The van der Waals surface area contributed by atoms with E-state index >= 15 is 0 Å². The molecule has 0 unspecified atom stereocenters. The van der Waals surface area contributed by atoms with Crippen LogP contribution >= 0.6 is 11.6 Å². The predicted molar refractivity (Wildman–Crippen MR) is 108 cm³/mol. The fourth-order valence-corrected chi connectivity index (χ4v) is 3.57. The molecule has 0 saturated carbocycles. The van der Waals surface area contributed by atoms with Gasteiger partial charge in [0.1, 0.15) is 17.3 Å². The van der Waals surface area contributed by atoms with Crippen molar-refractivity contribution in [3.05, 3.63) is 82.4 Å². The van der Waals surface area contributed by atoms with Gasteiger partial charge in [0.15, 0.2) is 5.82 Å². The van der Waals surface area contributed by atoms with Gasteiger partial charge in [-0.3, -0.25) is 4.57 Å². The van der Waals surface area contributed by atoms with Gasteiger partial charge in [-0.15, -0.1) is 0 Å². The van der Waals surface area contributed by atoms with Gasteiger partial charge < -0.3 is 4.74 Å². The quantitative estimate of drug-likeness (QED) is 0.404. The van der Waals surface area contributed by atoms with Crippen LogP contribution in [0.25, 0.3) is 11.0 Å². The molecule has 0 bridgehead atoms. The van der Waals surface area contributed by atoms with Crippen LogP contribution in [0.1, 0.15) is 34.0 Å². The highest BCUT2D eigenvalue weighted by Gasteiger charge is 2.24. The molecule has 154 valence electrons. The third-order valence-corrected chi connectivity index (χ3v) is 5.03. The Labute approximate surface area is 175 Å². The molecule has 0 atom stereocenters. The maximum atomic E-state index is 13.5. The summed E-state index contributed by atoms with van der Waals surface area (Å²) in [7, 11) is 0. The van der Waals surface area contributed by atoms with E-state index in [1.54, 1.807) is 25.1 Å². The molecule has 0 fully saturated rings. The maximum absolute atomic E-state index is 13.5. The van der Waals surface area contributed by atoms with Gasteiger partial charge in [0.05, 0.1) is 23.3 Å². The number of imidazole rings is 1. The molecular weight excluding hydrogens is 414 g/mol. The second-order valence-corrected chi connectivity index (χ2v) is 6.99. The third kappa shape index (κ3) is 3.78. The van der Waals surface area contributed by atoms with Crippen molar-refractivity contribution in [1.29, 1.82) is 0 Å². The molecule has 4 aromatic rings. The second kappa shape index (κ2) is 8.23. The highest BCUT2D eigenvalue weighted by atomic mass is 35.5. The number of rotatable bonds is 6. The van der Waals surface area contributed by atoms with E-state index in [1.165, 1.54) is 10.7 Å². The van der Waals surface area contributed by atoms with Crippen molar-refractivity contribution in [1.82, 2.24) is 19.3 Å². The Morgan fingerprint density at radius 1 is 1.13 bits per heavy atom. The number of esters is 1. The minimum absolute atomic E-state index is 0.0509. The molecule has 0 aliphatic heterocycles. The van der Waals surface area contributed by atoms with Crippen LogP contribution in [0, 0.1) is 6.92 Å². The summed E-state index contributed by atoms with van der Waals surface area (Å²) >= 11 is 6.36. The van der Waals surface area contributed by atoms with Crippen molar-refractivity contribution >= 4 is 28.6 Å². The summed E-state index contributed by atoms with van der Waals surface area (Å²) in [6, 6.07) is 16.0. The fourth-order valence-electron chi connectivity index (χ4n) is 3.26. The lowest BCUT2D eigenvalue weighted by Gasteiger charge is -2.08. The van der Waals surface area contributed by atoms with E-state index < -0.39 is 19.1 Å². The van der Waals surface area contributed by atoms with E-state index in [0.717, 1.165) is 10.1 Å². The van der Waals surface area contributed by atoms with E-state index in [9.17, 15) is 13.6 Å². The largest absolute Gasteiger partial charge is 0.454 e. The average Bonchev–Trinajstić information content (AvgIpc) is 3.24. The first-order chi connectivity index (χ1) is 14.5. The Morgan fingerprint density at radius 2 is 1.83 bits per heavy atom. The van der Waals surface area contributed by atoms with E-state index in [4.69, 9.17) is 16.3 Å². The number of halogens is 3. The van der Waals surface area contributed by atoms with E-state index in [-0.39, 0.29) is 22.1 Å². The van der Waals surface area contributed by atoms with Crippen LogP contribution < -0.4 is 0 Å². The van der Waals surface area contributed by atoms with Gasteiger partial charge in [-0.05, 0) is 24.6 Å². The monoisotopic (exact) mass is 430 g/mol. The van der Waals surface area contributed by atoms with Crippen molar-refractivity contribution in [2.75, 3.05) is 0 Å². The molecule has 0 radical (unpaired) electrons. The summed E-state index contributed by atoms with van der Waals surface area (Å²) in [5.41, 5.74) is 2.13. The van der Waals surface area contributed by atoms with Gasteiger partial charge in [0, 0.05) is 0 Å². The van der Waals surface area contributed by atoms with Crippen molar-refractivity contribution in [3.63, 3.8) is 0 Å². The number of benzene rings is 2. The summed E-state index contributed by atoms with van der Waals surface area (Å²) < 4.78 is 34.6. The number of alkyl halides is 2. The molecule has 4 rings (SSSR count). The zero-order valence-electron chi connectivity index (χ0n) is 15.9. The van der Waals surface area contributed by atoms with Crippen LogP contribution in [0.5, 0.6) is 0 Å². The van der Waals surface area contributed by atoms with Gasteiger partial charge in [-0.2, -0.15) is 13.9 Å². The van der Waals surface area contributed by atoms with E-state index in [1.807, 2.05) is 30.3 Å². The lowest BCUT2D eigenvalue weighted by Crippen LogP contribution is -2.11. The number of aryl methyl sites for hydroxylation is 1. The topological polar surface area (TPSA) is 61.9 Å². The highest BCUT2D eigenvalue weighted by Crippen LogP contribution is 2.25. The average molecular weight is 431 g/mol. The van der Waals surface area contributed by atoms with Crippen LogP contribution in [0.2, 0.25) is 5.15 Å². The number of fused-ring (bicyclic) bond motifs is 1.